The van der Waals surface area contributed by atoms with E-state index in [1.807, 2.05) is 11.8 Å². The van der Waals surface area contributed by atoms with Crippen LogP contribution in [0.2, 0.25) is 0 Å². The largest absolute Gasteiger partial charge is 0.328 e. The summed E-state index contributed by atoms with van der Waals surface area (Å²) in [5, 5.41) is 0. The van der Waals surface area contributed by atoms with Crippen LogP contribution in [0.5, 0.6) is 0 Å². The minimum absolute atomic E-state index is 0.251. The molecule has 1 aromatic rings. The van der Waals surface area contributed by atoms with Crippen LogP contribution in [-0.2, 0) is 11.2 Å². The van der Waals surface area contributed by atoms with Gasteiger partial charge in [0.15, 0.2) is 0 Å². The van der Waals surface area contributed by atoms with E-state index in [-0.39, 0.29) is 5.41 Å². The van der Waals surface area contributed by atoms with E-state index in [1.54, 1.807) is 0 Å². The van der Waals surface area contributed by atoms with Crippen molar-refractivity contribution in [3.63, 3.8) is 0 Å². The van der Waals surface area contributed by atoms with Gasteiger partial charge in [-0.3, -0.25) is 0 Å². The second-order valence-electron chi connectivity index (χ2n) is 5.77. The Labute approximate surface area is 110 Å². The highest BCUT2D eigenvalue weighted by Gasteiger charge is 2.12. The van der Waals surface area contributed by atoms with Crippen LogP contribution in [0.4, 0.5) is 0 Å². The van der Waals surface area contributed by atoms with Gasteiger partial charge in [-0.2, -0.15) is 11.8 Å². The van der Waals surface area contributed by atoms with Crippen LogP contribution in [0.15, 0.2) is 24.3 Å². The van der Waals surface area contributed by atoms with E-state index < -0.39 is 0 Å². The zero-order chi connectivity index (χ0) is 12.9. The third-order valence-electron chi connectivity index (χ3n) is 2.81. The van der Waals surface area contributed by atoms with Crippen LogP contribution in [-0.4, -0.2) is 11.8 Å². The molecule has 0 aliphatic rings. The van der Waals surface area contributed by atoms with Gasteiger partial charge in [0.25, 0.3) is 0 Å². The van der Waals surface area contributed by atoms with Crippen molar-refractivity contribution in [2.45, 2.75) is 51.3 Å². The van der Waals surface area contributed by atoms with Crippen molar-refractivity contribution in [3.8, 4) is 0 Å². The van der Waals surface area contributed by atoms with Crippen LogP contribution in [0.3, 0.4) is 0 Å². The van der Waals surface area contributed by atoms with E-state index in [1.165, 1.54) is 11.1 Å². The second-order valence-corrected chi connectivity index (χ2v) is 6.87. The van der Waals surface area contributed by atoms with Crippen LogP contribution >= 0.6 is 11.8 Å². The first-order chi connectivity index (χ1) is 7.89. The lowest BCUT2D eigenvalue weighted by molar-refractivity contribution is 0.590. The molecule has 0 amide bonds. The quantitative estimate of drug-likeness (QED) is 0.802. The van der Waals surface area contributed by atoms with Crippen molar-refractivity contribution >= 4 is 11.8 Å². The summed E-state index contributed by atoms with van der Waals surface area (Å²) in [4.78, 5) is 0. The third-order valence-corrected chi connectivity index (χ3v) is 3.87. The molecule has 0 aliphatic heterocycles. The second kappa shape index (κ2) is 6.46. The van der Waals surface area contributed by atoms with E-state index in [9.17, 15) is 0 Å². The molecule has 0 fully saturated rings. The monoisotopic (exact) mass is 251 g/mol. The summed E-state index contributed by atoms with van der Waals surface area (Å²) in [6, 6.07) is 9.33. The molecular weight excluding hydrogens is 226 g/mol. The molecule has 1 atom stereocenters. The van der Waals surface area contributed by atoms with E-state index in [4.69, 9.17) is 5.73 Å². The van der Waals surface area contributed by atoms with Crippen molar-refractivity contribution in [2.75, 3.05) is 5.75 Å². The number of thioether (sulfide) groups is 1. The van der Waals surface area contributed by atoms with Gasteiger partial charge in [0.2, 0.25) is 0 Å². The molecule has 1 rings (SSSR count). The zero-order valence-corrected chi connectivity index (χ0v) is 12.3. The predicted octanol–water partition coefficient (Wildman–Crippen LogP) is 3.95. The molecule has 0 radical (unpaired) electrons. The summed E-state index contributed by atoms with van der Waals surface area (Å²) in [6.45, 7) is 8.82. The highest BCUT2D eigenvalue weighted by atomic mass is 32.2. The normalized spacial score (nSPS) is 13.7. The molecule has 0 saturated heterocycles. The predicted molar refractivity (Wildman–Crippen MR) is 79.6 cm³/mol. The molecule has 0 aromatic heterocycles. The summed E-state index contributed by atoms with van der Waals surface area (Å²) in [7, 11) is 0. The Morgan fingerprint density at radius 3 is 2.24 bits per heavy atom. The van der Waals surface area contributed by atoms with Crippen LogP contribution in [0.1, 0.15) is 45.2 Å². The zero-order valence-electron chi connectivity index (χ0n) is 11.5. The average Bonchev–Trinajstić information content (AvgIpc) is 2.23. The van der Waals surface area contributed by atoms with Crippen molar-refractivity contribution < 1.29 is 0 Å². The summed E-state index contributed by atoms with van der Waals surface area (Å²) < 4.78 is 0. The highest BCUT2D eigenvalue weighted by Crippen LogP contribution is 2.23. The minimum atomic E-state index is 0.251. The molecule has 17 heavy (non-hydrogen) atoms. The Morgan fingerprint density at radius 2 is 1.76 bits per heavy atom. The fourth-order valence-electron chi connectivity index (χ4n) is 1.56. The molecule has 1 nitrogen and oxygen atoms in total. The average molecular weight is 251 g/mol. The van der Waals surface area contributed by atoms with Crippen molar-refractivity contribution in [3.05, 3.63) is 35.4 Å². The fraction of sp³-hybridized carbons (Fsp3) is 0.600. The summed E-state index contributed by atoms with van der Waals surface area (Å²) in [5.41, 5.74) is 8.79. The lowest BCUT2D eigenvalue weighted by Gasteiger charge is -2.19. The lowest BCUT2D eigenvalue weighted by atomic mass is 9.87. The minimum Gasteiger partial charge on any atom is -0.328 e. The Bertz CT molecular complexity index is 322. The molecule has 0 spiro atoms. The molecule has 2 heteroatoms. The van der Waals surface area contributed by atoms with Crippen molar-refractivity contribution in [1.82, 2.24) is 0 Å². The highest BCUT2D eigenvalue weighted by molar-refractivity contribution is 7.98. The molecule has 0 heterocycles. The smallest absolute Gasteiger partial charge is 0.0184 e. The summed E-state index contributed by atoms with van der Waals surface area (Å²) >= 11 is 1.97. The van der Waals surface area contributed by atoms with Crippen molar-refractivity contribution in [1.29, 1.82) is 0 Å². The molecule has 0 saturated carbocycles. The molecule has 1 aromatic carbocycles. The van der Waals surface area contributed by atoms with Gasteiger partial charge >= 0.3 is 0 Å². The number of benzene rings is 1. The fourth-order valence-corrected chi connectivity index (χ4v) is 2.67. The molecule has 2 N–H and O–H groups in total. The van der Waals surface area contributed by atoms with Gasteiger partial charge in [-0.25, -0.2) is 0 Å². The Balaban J connectivity index is 2.41. The number of nitrogens with two attached hydrogens (primary N) is 1. The number of rotatable bonds is 5. The standard InChI is InChI=1S/C15H25NS/c1-12(16)9-10-17-11-13-5-7-14(8-6-13)15(2,3)4/h5-8,12H,9-11,16H2,1-4H3. The molecular formula is C15H25NS. The third kappa shape index (κ3) is 5.60. The molecule has 0 aliphatic carbocycles. The molecule has 96 valence electrons. The van der Waals surface area contributed by atoms with E-state index >= 15 is 0 Å². The maximum Gasteiger partial charge on any atom is 0.0184 e. The number of hydrogen-bond acceptors (Lipinski definition) is 2. The van der Waals surface area contributed by atoms with E-state index in [2.05, 4.69) is 52.0 Å². The first-order valence-electron chi connectivity index (χ1n) is 6.32. The van der Waals surface area contributed by atoms with Gasteiger partial charge in [0, 0.05) is 11.8 Å². The van der Waals surface area contributed by atoms with E-state index in [0.717, 1.165) is 17.9 Å². The summed E-state index contributed by atoms with van der Waals surface area (Å²) in [5.74, 6) is 2.25. The van der Waals surface area contributed by atoms with Gasteiger partial charge in [0.1, 0.15) is 0 Å². The number of hydrogen-bond donors (Lipinski definition) is 1. The van der Waals surface area contributed by atoms with Crippen LogP contribution in [0.25, 0.3) is 0 Å². The maximum absolute atomic E-state index is 5.73. The van der Waals surface area contributed by atoms with Gasteiger partial charge in [0.05, 0.1) is 0 Å². The SMILES string of the molecule is CC(N)CCSCc1ccc(C(C)(C)C)cc1. The van der Waals surface area contributed by atoms with Crippen LogP contribution in [0, 0.1) is 0 Å². The first kappa shape index (κ1) is 14.6. The summed E-state index contributed by atoms with van der Waals surface area (Å²) in [6.07, 6.45) is 1.10. The lowest BCUT2D eigenvalue weighted by Crippen LogP contribution is -2.15. The van der Waals surface area contributed by atoms with Crippen LogP contribution < -0.4 is 5.73 Å². The van der Waals surface area contributed by atoms with Crippen molar-refractivity contribution in [2.24, 2.45) is 5.73 Å². The van der Waals surface area contributed by atoms with Gasteiger partial charge in [-0.15, -0.1) is 0 Å². The topological polar surface area (TPSA) is 26.0 Å². The Morgan fingerprint density at radius 1 is 1.18 bits per heavy atom. The Hall–Kier alpha value is -0.470. The van der Waals surface area contributed by atoms with Gasteiger partial charge in [-0.1, -0.05) is 45.0 Å². The maximum atomic E-state index is 5.73. The molecule has 1 unspecified atom stereocenters. The Kier molecular flexibility index (Phi) is 5.54. The van der Waals surface area contributed by atoms with E-state index in [0.29, 0.717) is 6.04 Å². The molecule has 0 bridgehead atoms. The van der Waals surface area contributed by atoms with Gasteiger partial charge in [-0.05, 0) is 35.6 Å². The van der Waals surface area contributed by atoms with Gasteiger partial charge < -0.3 is 5.73 Å². The first-order valence-corrected chi connectivity index (χ1v) is 7.48.